The van der Waals surface area contributed by atoms with Crippen molar-refractivity contribution in [3.63, 3.8) is 0 Å². The Morgan fingerprint density at radius 3 is 2.62 bits per heavy atom. The Kier molecular flexibility index (Phi) is 11.5. The normalized spacial score (nSPS) is 11.8. The second-order valence-electron chi connectivity index (χ2n) is 6.75. The van der Waals surface area contributed by atoms with Gasteiger partial charge in [0.2, 0.25) is 11.7 Å². The number of benzene rings is 1. The highest BCUT2D eigenvalue weighted by atomic mass is 127. The highest BCUT2D eigenvalue weighted by Crippen LogP contribution is 2.29. The van der Waals surface area contributed by atoms with E-state index in [-0.39, 0.29) is 42.5 Å². The van der Waals surface area contributed by atoms with Gasteiger partial charge in [-0.3, -0.25) is 0 Å². The molecule has 1 aromatic heterocycles. The fourth-order valence-corrected chi connectivity index (χ4v) is 3.19. The molecule has 0 atom stereocenters. The van der Waals surface area contributed by atoms with E-state index in [1.165, 1.54) is 0 Å². The third-order valence-corrected chi connectivity index (χ3v) is 5.28. The van der Waals surface area contributed by atoms with Gasteiger partial charge in [0.1, 0.15) is 6.54 Å². The lowest BCUT2D eigenvalue weighted by atomic mass is 9.79. The Bertz CT molecular complexity index is 765. The monoisotopic (exact) mass is 535 g/mol. The minimum absolute atomic E-state index is 0. The van der Waals surface area contributed by atoms with Crippen LogP contribution in [0.2, 0.25) is 5.02 Å². The maximum atomic E-state index is 9.39. The highest BCUT2D eigenvalue weighted by Gasteiger charge is 2.25. The van der Waals surface area contributed by atoms with Gasteiger partial charge in [-0.05, 0) is 43.7 Å². The molecule has 29 heavy (non-hydrogen) atoms. The molecular weight excluding hydrogens is 505 g/mol. The average molecular weight is 536 g/mol. The maximum absolute atomic E-state index is 9.39. The molecule has 0 saturated carbocycles. The summed E-state index contributed by atoms with van der Waals surface area (Å²) in [4.78, 5) is 8.94. The van der Waals surface area contributed by atoms with Crippen molar-refractivity contribution in [1.29, 1.82) is 0 Å². The van der Waals surface area contributed by atoms with Gasteiger partial charge in [-0.25, -0.2) is 4.99 Å². The topological polar surface area (TPSA) is 95.6 Å². The lowest BCUT2D eigenvalue weighted by Gasteiger charge is -2.32. The Morgan fingerprint density at radius 1 is 1.24 bits per heavy atom. The third-order valence-electron chi connectivity index (χ3n) is 5.04. The second kappa shape index (κ2) is 13.0. The van der Waals surface area contributed by atoms with Gasteiger partial charge in [0.25, 0.3) is 0 Å². The van der Waals surface area contributed by atoms with Crippen molar-refractivity contribution in [3.05, 3.63) is 35.2 Å². The summed E-state index contributed by atoms with van der Waals surface area (Å²) in [7, 11) is 0. The zero-order valence-electron chi connectivity index (χ0n) is 17.2. The van der Waals surface area contributed by atoms with Crippen LogP contribution in [0, 0.1) is 5.41 Å². The molecule has 0 saturated heterocycles. The summed E-state index contributed by atoms with van der Waals surface area (Å²) in [6, 6.07) is 7.32. The van der Waals surface area contributed by atoms with Crippen LogP contribution in [0.15, 0.2) is 33.8 Å². The minimum atomic E-state index is 0. The van der Waals surface area contributed by atoms with E-state index in [9.17, 15) is 5.11 Å². The Balaban J connectivity index is 0.00000420. The summed E-state index contributed by atoms with van der Waals surface area (Å²) in [5.41, 5.74) is 0.853. The highest BCUT2D eigenvalue weighted by molar-refractivity contribution is 14.0. The van der Waals surface area contributed by atoms with E-state index >= 15 is 0 Å². The second-order valence-corrected chi connectivity index (χ2v) is 7.19. The molecule has 1 aromatic carbocycles. The number of guanidine groups is 1. The summed E-state index contributed by atoms with van der Waals surface area (Å²) >= 11 is 6.02. The zero-order chi connectivity index (χ0) is 20.4. The van der Waals surface area contributed by atoms with Gasteiger partial charge in [-0.15, -0.1) is 24.0 Å². The van der Waals surface area contributed by atoms with Gasteiger partial charge in [0.15, 0.2) is 5.96 Å². The van der Waals surface area contributed by atoms with Crippen LogP contribution in [0.3, 0.4) is 0 Å². The quantitative estimate of drug-likeness (QED) is 0.239. The molecular formula is C20H31ClIN5O2. The lowest BCUT2D eigenvalue weighted by Crippen LogP contribution is -2.43. The molecule has 9 heteroatoms. The molecule has 0 spiro atoms. The first-order chi connectivity index (χ1) is 13.6. The fraction of sp³-hybridized carbons (Fsp3) is 0.550. The summed E-state index contributed by atoms with van der Waals surface area (Å²) in [5.74, 6) is 1.61. The smallest absolute Gasteiger partial charge is 0.248 e. The van der Waals surface area contributed by atoms with E-state index in [1.54, 1.807) is 12.1 Å². The van der Waals surface area contributed by atoms with Crippen molar-refractivity contribution in [2.24, 2.45) is 10.4 Å². The van der Waals surface area contributed by atoms with Crippen molar-refractivity contribution in [3.8, 4) is 11.4 Å². The molecule has 3 N–H and O–H groups in total. The van der Waals surface area contributed by atoms with Crippen LogP contribution in [0.1, 0.15) is 45.9 Å². The number of nitrogens with zero attached hydrogens (tertiary/aromatic N) is 3. The standard InChI is InChI=1S/C20H30ClN5O2.HI/c1-4-20(5-2,10-11-27)14-24-19(22-6-3)23-13-17-25-18(26-28-17)15-8-7-9-16(21)12-15;/h7-9,12,27H,4-6,10-11,13-14H2,1-3H3,(H2,22,23,24);1H. The van der Waals surface area contributed by atoms with Crippen LogP contribution in [-0.4, -0.2) is 40.9 Å². The summed E-state index contributed by atoms with van der Waals surface area (Å²) in [6.45, 7) is 8.27. The summed E-state index contributed by atoms with van der Waals surface area (Å²) < 4.78 is 5.31. The first-order valence-corrected chi connectivity index (χ1v) is 10.1. The Labute approximate surface area is 194 Å². The third kappa shape index (κ3) is 7.75. The fourth-order valence-electron chi connectivity index (χ4n) is 3.00. The number of aliphatic imine (C=N–C) groups is 1. The van der Waals surface area contributed by atoms with Gasteiger partial charge in [0, 0.05) is 30.3 Å². The average Bonchev–Trinajstić information content (AvgIpc) is 3.18. The van der Waals surface area contributed by atoms with Gasteiger partial charge in [0.05, 0.1) is 0 Å². The van der Waals surface area contributed by atoms with E-state index in [0.29, 0.717) is 22.7 Å². The van der Waals surface area contributed by atoms with Crippen LogP contribution in [0.4, 0.5) is 0 Å². The minimum Gasteiger partial charge on any atom is -0.396 e. The van der Waals surface area contributed by atoms with Gasteiger partial charge in [-0.2, -0.15) is 4.98 Å². The van der Waals surface area contributed by atoms with Gasteiger partial charge < -0.3 is 20.3 Å². The molecule has 0 radical (unpaired) electrons. The van der Waals surface area contributed by atoms with Crippen LogP contribution in [0.25, 0.3) is 11.4 Å². The molecule has 0 fully saturated rings. The van der Waals surface area contributed by atoms with E-state index in [0.717, 1.165) is 37.9 Å². The summed E-state index contributed by atoms with van der Waals surface area (Å²) in [5, 5.41) is 20.6. The molecule has 2 rings (SSSR count). The van der Waals surface area contributed by atoms with Crippen LogP contribution in [-0.2, 0) is 6.54 Å². The number of aromatic nitrogens is 2. The number of aliphatic hydroxyl groups excluding tert-OH is 1. The van der Waals surface area contributed by atoms with Crippen molar-refractivity contribution in [2.45, 2.75) is 46.6 Å². The van der Waals surface area contributed by atoms with Crippen LogP contribution < -0.4 is 10.6 Å². The molecule has 1 heterocycles. The van der Waals surface area contributed by atoms with Crippen molar-refractivity contribution in [1.82, 2.24) is 20.8 Å². The number of rotatable bonds is 10. The van der Waals surface area contributed by atoms with E-state index in [4.69, 9.17) is 16.1 Å². The molecule has 0 aliphatic carbocycles. The Hall–Kier alpha value is -1.39. The number of aliphatic hydroxyl groups is 1. The molecule has 0 bridgehead atoms. The first kappa shape index (κ1) is 25.6. The Morgan fingerprint density at radius 2 is 2.00 bits per heavy atom. The first-order valence-electron chi connectivity index (χ1n) is 9.77. The van der Waals surface area contributed by atoms with Crippen molar-refractivity contribution >= 4 is 41.5 Å². The van der Waals surface area contributed by atoms with E-state index in [2.05, 4.69) is 39.6 Å². The predicted octanol–water partition coefficient (Wildman–Crippen LogP) is 4.25. The van der Waals surface area contributed by atoms with Crippen LogP contribution in [0.5, 0.6) is 0 Å². The van der Waals surface area contributed by atoms with Crippen LogP contribution >= 0.6 is 35.6 Å². The molecule has 162 valence electrons. The van der Waals surface area contributed by atoms with E-state index < -0.39 is 0 Å². The van der Waals surface area contributed by atoms with Gasteiger partial charge >= 0.3 is 0 Å². The predicted molar refractivity (Wildman–Crippen MR) is 128 cm³/mol. The molecule has 0 amide bonds. The number of nitrogens with one attached hydrogen (secondary N) is 2. The summed E-state index contributed by atoms with van der Waals surface area (Å²) in [6.07, 6.45) is 2.74. The van der Waals surface area contributed by atoms with Gasteiger partial charge in [-0.1, -0.05) is 42.7 Å². The molecule has 2 aromatic rings. The SMILES string of the molecule is CCNC(=NCc1nc(-c2cccc(Cl)c2)no1)NCC(CC)(CC)CCO.I. The molecule has 0 aliphatic rings. The van der Waals surface area contributed by atoms with Crippen molar-refractivity contribution in [2.75, 3.05) is 19.7 Å². The van der Waals surface area contributed by atoms with E-state index in [1.807, 2.05) is 19.1 Å². The molecule has 0 aliphatic heterocycles. The zero-order valence-corrected chi connectivity index (χ0v) is 20.3. The molecule has 7 nitrogen and oxygen atoms in total. The lowest BCUT2D eigenvalue weighted by molar-refractivity contribution is 0.169. The molecule has 0 unspecified atom stereocenters. The number of halogens is 2. The maximum Gasteiger partial charge on any atom is 0.248 e. The largest absolute Gasteiger partial charge is 0.396 e. The van der Waals surface area contributed by atoms with Crippen molar-refractivity contribution < 1.29 is 9.63 Å². The number of hydrogen-bond acceptors (Lipinski definition) is 5. The number of hydrogen-bond donors (Lipinski definition) is 3.